The van der Waals surface area contributed by atoms with Crippen molar-refractivity contribution in [3.05, 3.63) is 71.8 Å². The Morgan fingerprint density at radius 3 is 2.05 bits per heavy atom. The van der Waals surface area contributed by atoms with Crippen molar-refractivity contribution in [1.29, 1.82) is 0 Å². The van der Waals surface area contributed by atoms with Crippen LogP contribution in [0.25, 0.3) is 11.6 Å². The third kappa shape index (κ3) is 4.32. The van der Waals surface area contributed by atoms with Crippen molar-refractivity contribution in [1.82, 2.24) is 5.32 Å². The second-order valence-corrected chi connectivity index (χ2v) is 5.32. The van der Waals surface area contributed by atoms with E-state index in [1.807, 2.05) is 66.7 Å². The number of hydrogen-bond donors (Lipinski definition) is 1. The van der Waals surface area contributed by atoms with Gasteiger partial charge in [-0.3, -0.25) is 4.79 Å². The fourth-order valence-corrected chi connectivity index (χ4v) is 2.37. The molecule has 0 aliphatic carbocycles. The first-order valence-corrected chi connectivity index (χ1v) is 7.87. The van der Waals surface area contributed by atoms with E-state index in [2.05, 4.69) is 19.2 Å². The maximum Gasteiger partial charge on any atom is 0.252 e. The normalized spacial score (nSPS) is 11.5. The van der Waals surface area contributed by atoms with Crippen molar-refractivity contribution >= 4 is 17.6 Å². The van der Waals surface area contributed by atoms with Gasteiger partial charge in [-0.1, -0.05) is 74.5 Å². The number of nitrogens with one attached hydrogen (secondary N) is 1. The molecule has 0 radical (unpaired) electrons. The fraction of sp³-hybridized carbons (Fsp3) is 0.250. The Morgan fingerprint density at radius 1 is 0.955 bits per heavy atom. The molecule has 0 saturated heterocycles. The van der Waals surface area contributed by atoms with Gasteiger partial charge < -0.3 is 5.32 Å². The quantitative estimate of drug-likeness (QED) is 0.615. The molecule has 0 bridgehead atoms. The van der Waals surface area contributed by atoms with Crippen LogP contribution in [0.3, 0.4) is 0 Å². The summed E-state index contributed by atoms with van der Waals surface area (Å²) in [5, 5.41) is 3.13. The van der Waals surface area contributed by atoms with Gasteiger partial charge >= 0.3 is 0 Å². The van der Waals surface area contributed by atoms with E-state index < -0.39 is 0 Å². The summed E-state index contributed by atoms with van der Waals surface area (Å²) in [6, 6.07) is 20.0. The molecule has 0 unspecified atom stereocenters. The number of hydrogen-bond acceptors (Lipinski definition) is 1. The molecule has 114 valence electrons. The fourth-order valence-electron chi connectivity index (χ4n) is 2.37. The summed E-state index contributed by atoms with van der Waals surface area (Å²) in [6.07, 6.45) is 3.83. The number of benzene rings is 2. The molecule has 1 N–H and O–H groups in total. The maximum absolute atomic E-state index is 12.7. The summed E-state index contributed by atoms with van der Waals surface area (Å²) < 4.78 is 0. The second kappa shape index (κ2) is 8.18. The number of rotatable bonds is 6. The van der Waals surface area contributed by atoms with E-state index in [4.69, 9.17) is 0 Å². The molecular weight excluding hydrogens is 270 g/mol. The molecule has 0 aliphatic heterocycles. The van der Waals surface area contributed by atoms with Crippen molar-refractivity contribution < 1.29 is 4.79 Å². The topological polar surface area (TPSA) is 29.1 Å². The summed E-state index contributed by atoms with van der Waals surface area (Å²) in [6.45, 7) is 4.19. The Labute approximate surface area is 132 Å². The highest BCUT2D eigenvalue weighted by atomic mass is 16.1. The lowest BCUT2D eigenvalue weighted by Gasteiger charge is -2.16. The first-order valence-electron chi connectivity index (χ1n) is 7.87. The maximum atomic E-state index is 12.7. The van der Waals surface area contributed by atoms with Crippen molar-refractivity contribution in [3.8, 4) is 0 Å². The molecule has 0 spiro atoms. The first-order chi connectivity index (χ1) is 10.7. The van der Waals surface area contributed by atoms with E-state index in [9.17, 15) is 4.79 Å². The van der Waals surface area contributed by atoms with Gasteiger partial charge in [0.2, 0.25) is 0 Å². The summed E-state index contributed by atoms with van der Waals surface area (Å²) in [5.41, 5.74) is 2.68. The molecule has 22 heavy (non-hydrogen) atoms. The van der Waals surface area contributed by atoms with E-state index >= 15 is 0 Å². The van der Waals surface area contributed by atoms with Crippen LogP contribution in [-0.2, 0) is 4.79 Å². The van der Waals surface area contributed by atoms with E-state index in [0.717, 1.165) is 24.0 Å². The SMILES string of the molecule is CCC(CC)NC(=O)C(=Cc1ccccc1)c1ccccc1. The predicted molar refractivity (Wildman–Crippen MR) is 93.3 cm³/mol. The molecule has 2 aromatic rings. The van der Waals surface area contributed by atoms with Crippen LogP contribution in [0.1, 0.15) is 37.8 Å². The highest BCUT2D eigenvalue weighted by Gasteiger charge is 2.15. The zero-order valence-electron chi connectivity index (χ0n) is 13.3. The van der Waals surface area contributed by atoms with E-state index in [-0.39, 0.29) is 11.9 Å². The van der Waals surface area contributed by atoms with Gasteiger partial charge in [-0.25, -0.2) is 0 Å². The summed E-state index contributed by atoms with van der Waals surface area (Å²) in [7, 11) is 0. The minimum atomic E-state index is -0.0104. The minimum absolute atomic E-state index is 0.0104. The summed E-state index contributed by atoms with van der Waals surface area (Å²) >= 11 is 0. The molecule has 2 nitrogen and oxygen atoms in total. The van der Waals surface area contributed by atoms with Crippen LogP contribution in [0, 0.1) is 0 Å². The van der Waals surface area contributed by atoms with Crippen LogP contribution < -0.4 is 5.32 Å². The van der Waals surface area contributed by atoms with Crippen LogP contribution in [0.15, 0.2) is 60.7 Å². The standard InChI is InChI=1S/C20H23NO/c1-3-18(4-2)21-20(22)19(17-13-9-6-10-14-17)15-16-11-7-5-8-12-16/h5-15,18H,3-4H2,1-2H3,(H,21,22). The molecule has 2 rings (SSSR count). The number of carbonyl (C=O) groups excluding carboxylic acids is 1. The van der Waals surface area contributed by atoms with E-state index in [1.54, 1.807) is 0 Å². The molecule has 0 fully saturated rings. The number of amides is 1. The van der Waals surface area contributed by atoms with Crippen molar-refractivity contribution in [2.24, 2.45) is 0 Å². The van der Waals surface area contributed by atoms with Gasteiger partial charge in [0.25, 0.3) is 5.91 Å². The Balaban J connectivity index is 2.34. The Hall–Kier alpha value is -2.35. The zero-order valence-corrected chi connectivity index (χ0v) is 13.3. The predicted octanol–water partition coefficient (Wildman–Crippen LogP) is 4.53. The van der Waals surface area contributed by atoms with Gasteiger partial charge in [0, 0.05) is 11.6 Å². The molecule has 0 atom stereocenters. The highest BCUT2D eigenvalue weighted by molar-refractivity contribution is 6.24. The lowest BCUT2D eigenvalue weighted by atomic mass is 10.0. The van der Waals surface area contributed by atoms with Gasteiger partial charge in [-0.2, -0.15) is 0 Å². The highest BCUT2D eigenvalue weighted by Crippen LogP contribution is 2.19. The molecule has 2 aromatic carbocycles. The molecule has 2 heteroatoms. The lowest BCUT2D eigenvalue weighted by molar-refractivity contribution is -0.116. The van der Waals surface area contributed by atoms with Gasteiger partial charge in [-0.05, 0) is 30.0 Å². The molecule has 0 saturated carbocycles. The average Bonchev–Trinajstić information content (AvgIpc) is 2.59. The largest absolute Gasteiger partial charge is 0.349 e. The Bertz CT molecular complexity index is 613. The van der Waals surface area contributed by atoms with Gasteiger partial charge in [0.15, 0.2) is 0 Å². The van der Waals surface area contributed by atoms with Crippen LogP contribution in [-0.4, -0.2) is 11.9 Å². The number of carbonyl (C=O) groups is 1. The van der Waals surface area contributed by atoms with Gasteiger partial charge in [-0.15, -0.1) is 0 Å². The summed E-state index contributed by atoms with van der Waals surface area (Å²) in [5.74, 6) is -0.0104. The van der Waals surface area contributed by atoms with Gasteiger partial charge in [0.1, 0.15) is 0 Å². The van der Waals surface area contributed by atoms with Crippen molar-refractivity contribution in [2.45, 2.75) is 32.7 Å². The zero-order chi connectivity index (χ0) is 15.8. The van der Waals surface area contributed by atoms with E-state index in [1.165, 1.54) is 0 Å². The Kier molecular flexibility index (Phi) is 5.96. The molecular formula is C20H23NO. The second-order valence-electron chi connectivity index (χ2n) is 5.32. The minimum Gasteiger partial charge on any atom is -0.349 e. The third-order valence-electron chi connectivity index (χ3n) is 3.76. The monoisotopic (exact) mass is 293 g/mol. The van der Waals surface area contributed by atoms with Crippen molar-refractivity contribution in [3.63, 3.8) is 0 Å². The first kappa shape index (κ1) is 16.0. The van der Waals surface area contributed by atoms with Crippen LogP contribution in [0.2, 0.25) is 0 Å². The summed E-state index contributed by atoms with van der Waals surface area (Å²) in [4.78, 5) is 12.7. The molecule has 0 heterocycles. The molecule has 1 amide bonds. The third-order valence-corrected chi connectivity index (χ3v) is 3.76. The smallest absolute Gasteiger partial charge is 0.252 e. The van der Waals surface area contributed by atoms with Crippen LogP contribution >= 0.6 is 0 Å². The Morgan fingerprint density at radius 2 is 1.50 bits per heavy atom. The molecule has 0 aliphatic rings. The van der Waals surface area contributed by atoms with Crippen molar-refractivity contribution in [2.75, 3.05) is 0 Å². The van der Waals surface area contributed by atoms with Crippen LogP contribution in [0.5, 0.6) is 0 Å². The molecule has 0 aromatic heterocycles. The lowest BCUT2D eigenvalue weighted by Crippen LogP contribution is -2.34. The van der Waals surface area contributed by atoms with Crippen LogP contribution in [0.4, 0.5) is 0 Å². The average molecular weight is 293 g/mol. The van der Waals surface area contributed by atoms with Gasteiger partial charge in [0.05, 0.1) is 0 Å². The van der Waals surface area contributed by atoms with E-state index in [0.29, 0.717) is 5.57 Å².